The summed E-state index contributed by atoms with van der Waals surface area (Å²) in [5.74, 6) is 0. The van der Waals surface area contributed by atoms with Crippen LogP contribution >= 0.6 is 27.3 Å². The van der Waals surface area contributed by atoms with Gasteiger partial charge in [-0.05, 0) is 59.4 Å². The lowest BCUT2D eigenvalue weighted by molar-refractivity contribution is 0.679. The molecule has 0 atom stereocenters. The summed E-state index contributed by atoms with van der Waals surface area (Å²) < 4.78 is 1.19. The molecule has 0 saturated carbocycles. The normalized spacial score (nSPS) is 11.3. The van der Waals surface area contributed by atoms with Crippen molar-refractivity contribution in [1.82, 2.24) is 5.32 Å². The van der Waals surface area contributed by atoms with Gasteiger partial charge in [0.2, 0.25) is 0 Å². The van der Waals surface area contributed by atoms with Crippen molar-refractivity contribution in [3.8, 4) is 0 Å². The van der Waals surface area contributed by atoms with Crippen LogP contribution in [0.1, 0.15) is 24.6 Å². The standard InChI is InChI=1S/C11H16BrNS/c1-2-7-13-8-4-3-5-11-10(12)6-9-14-11/h3,5-6,9,13H,2,4,7-8H2,1H3. The molecule has 0 unspecified atom stereocenters. The zero-order chi connectivity index (χ0) is 10.2. The molecule has 3 heteroatoms. The molecule has 1 nitrogen and oxygen atoms in total. The molecule has 0 radical (unpaired) electrons. The van der Waals surface area contributed by atoms with E-state index in [9.17, 15) is 0 Å². The minimum atomic E-state index is 1.08. The zero-order valence-corrected chi connectivity index (χ0v) is 10.8. The fourth-order valence-electron chi connectivity index (χ4n) is 1.10. The Morgan fingerprint density at radius 1 is 1.50 bits per heavy atom. The second kappa shape index (κ2) is 7.21. The van der Waals surface area contributed by atoms with Gasteiger partial charge in [-0.1, -0.05) is 13.0 Å². The van der Waals surface area contributed by atoms with Crippen LogP contribution in [0.2, 0.25) is 0 Å². The molecule has 1 N–H and O–H groups in total. The van der Waals surface area contributed by atoms with Gasteiger partial charge in [0, 0.05) is 9.35 Å². The number of thiophene rings is 1. The average Bonchev–Trinajstić information content (AvgIpc) is 2.58. The molecule has 1 rings (SSSR count). The van der Waals surface area contributed by atoms with E-state index in [-0.39, 0.29) is 0 Å². The van der Waals surface area contributed by atoms with E-state index in [2.05, 4.69) is 51.8 Å². The first kappa shape index (κ1) is 12.0. The van der Waals surface area contributed by atoms with Crippen LogP contribution in [-0.2, 0) is 0 Å². The van der Waals surface area contributed by atoms with Crippen LogP contribution < -0.4 is 5.32 Å². The third-order valence-corrected chi connectivity index (χ3v) is 3.66. The molecule has 78 valence electrons. The third-order valence-electron chi connectivity index (χ3n) is 1.83. The number of hydrogen-bond donors (Lipinski definition) is 1. The SMILES string of the molecule is CCCNCCC=Cc1sccc1Br. The maximum atomic E-state index is 3.50. The zero-order valence-electron chi connectivity index (χ0n) is 8.42. The van der Waals surface area contributed by atoms with Crippen molar-refractivity contribution in [1.29, 1.82) is 0 Å². The van der Waals surface area contributed by atoms with Gasteiger partial charge in [0.05, 0.1) is 0 Å². The van der Waals surface area contributed by atoms with Crippen molar-refractivity contribution in [3.05, 3.63) is 26.9 Å². The molecule has 0 aliphatic heterocycles. The van der Waals surface area contributed by atoms with Crippen LogP contribution in [0.4, 0.5) is 0 Å². The molecular weight excluding hydrogens is 258 g/mol. The van der Waals surface area contributed by atoms with Crippen molar-refractivity contribution in [2.45, 2.75) is 19.8 Å². The van der Waals surface area contributed by atoms with E-state index in [0.717, 1.165) is 19.5 Å². The maximum absolute atomic E-state index is 3.50. The maximum Gasteiger partial charge on any atom is 0.0409 e. The molecule has 1 heterocycles. The highest BCUT2D eigenvalue weighted by Gasteiger charge is 1.94. The molecule has 0 amide bonds. The summed E-state index contributed by atoms with van der Waals surface area (Å²) >= 11 is 5.27. The summed E-state index contributed by atoms with van der Waals surface area (Å²) in [6.45, 7) is 4.38. The quantitative estimate of drug-likeness (QED) is 0.775. The summed E-state index contributed by atoms with van der Waals surface area (Å²) in [4.78, 5) is 1.31. The molecule has 14 heavy (non-hydrogen) atoms. The first-order valence-corrected chi connectivity index (χ1v) is 6.62. The van der Waals surface area contributed by atoms with Gasteiger partial charge in [-0.25, -0.2) is 0 Å². The van der Waals surface area contributed by atoms with Crippen LogP contribution in [0, 0.1) is 0 Å². The van der Waals surface area contributed by atoms with Crippen LogP contribution in [0.3, 0.4) is 0 Å². The number of hydrogen-bond acceptors (Lipinski definition) is 2. The minimum absolute atomic E-state index is 1.08. The van der Waals surface area contributed by atoms with E-state index in [1.54, 1.807) is 11.3 Å². The van der Waals surface area contributed by atoms with Gasteiger partial charge >= 0.3 is 0 Å². The Balaban J connectivity index is 2.18. The summed E-state index contributed by atoms with van der Waals surface area (Å²) in [5.41, 5.74) is 0. The van der Waals surface area contributed by atoms with Gasteiger partial charge in [-0.2, -0.15) is 0 Å². The molecular formula is C11H16BrNS. The van der Waals surface area contributed by atoms with Crippen LogP contribution in [0.25, 0.3) is 6.08 Å². The van der Waals surface area contributed by atoms with Gasteiger partial charge < -0.3 is 5.32 Å². The predicted octanol–water partition coefficient (Wildman–Crippen LogP) is 3.91. The van der Waals surface area contributed by atoms with Crippen molar-refractivity contribution in [3.63, 3.8) is 0 Å². The molecule has 1 aromatic heterocycles. The second-order valence-corrected chi connectivity index (χ2v) is 4.88. The Bertz CT molecular complexity index is 281. The molecule has 0 aliphatic rings. The van der Waals surface area contributed by atoms with E-state index in [0.29, 0.717) is 0 Å². The summed E-state index contributed by atoms with van der Waals surface area (Å²) in [7, 11) is 0. The van der Waals surface area contributed by atoms with Crippen molar-refractivity contribution >= 4 is 33.3 Å². The highest BCUT2D eigenvalue weighted by atomic mass is 79.9. The van der Waals surface area contributed by atoms with Gasteiger partial charge in [-0.3, -0.25) is 0 Å². The lowest BCUT2D eigenvalue weighted by Crippen LogP contribution is -2.14. The fourth-order valence-corrected chi connectivity index (χ4v) is 2.53. The van der Waals surface area contributed by atoms with Crippen LogP contribution in [-0.4, -0.2) is 13.1 Å². The third kappa shape index (κ3) is 4.40. The number of nitrogens with one attached hydrogen (secondary N) is 1. The fraction of sp³-hybridized carbons (Fsp3) is 0.455. The molecule has 0 aromatic carbocycles. The van der Waals surface area contributed by atoms with Crippen molar-refractivity contribution in [2.24, 2.45) is 0 Å². The molecule has 0 saturated heterocycles. The highest BCUT2D eigenvalue weighted by Crippen LogP contribution is 2.23. The monoisotopic (exact) mass is 273 g/mol. The highest BCUT2D eigenvalue weighted by molar-refractivity contribution is 9.10. The lowest BCUT2D eigenvalue weighted by Gasteiger charge is -1.97. The topological polar surface area (TPSA) is 12.0 Å². The van der Waals surface area contributed by atoms with Gasteiger partial charge in [0.15, 0.2) is 0 Å². The molecule has 1 aromatic rings. The minimum Gasteiger partial charge on any atom is -0.316 e. The Hall–Kier alpha value is -0.120. The van der Waals surface area contributed by atoms with Gasteiger partial charge in [-0.15, -0.1) is 11.3 Å². The van der Waals surface area contributed by atoms with E-state index < -0.39 is 0 Å². The Labute approximate surface area is 98.4 Å². The van der Waals surface area contributed by atoms with E-state index in [4.69, 9.17) is 0 Å². The molecule has 0 bridgehead atoms. The van der Waals surface area contributed by atoms with Crippen LogP contribution in [0.5, 0.6) is 0 Å². The number of rotatable bonds is 6. The second-order valence-electron chi connectivity index (χ2n) is 3.07. The summed E-state index contributed by atoms with van der Waals surface area (Å²) in [6.07, 6.45) is 6.71. The average molecular weight is 274 g/mol. The first-order valence-electron chi connectivity index (χ1n) is 4.95. The van der Waals surface area contributed by atoms with Crippen molar-refractivity contribution in [2.75, 3.05) is 13.1 Å². The van der Waals surface area contributed by atoms with E-state index in [1.807, 2.05) is 0 Å². The van der Waals surface area contributed by atoms with E-state index in [1.165, 1.54) is 15.8 Å². The first-order chi connectivity index (χ1) is 6.84. The Morgan fingerprint density at radius 3 is 3.00 bits per heavy atom. The van der Waals surface area contributed by atoms with E-state index >= 15 is 0 Å². The smallest absolute Gasteiger partial charge is 0.0409 e. The predicted molar refractivity (Wildman–Crippen MR) is 68.8 cm³/mol. The summed E-state index contributed by atoms with van der Waals surface area (Å²) in [5, 5.41) is 5.47. The molecule has 0 spiro atoms. The Kier molecular flexibility index (Phi) is 6.15. The molecule has 0 fully saturated rings. The largest absolute Gasteiger partial charge is 0.316 e. The number of halogens is 1. The Morgan fingerprint density at radius 2 is 2.36 bits per heavy atom. The summed E-state index contributed by atoms with van der Waals surface area (Å²) in [6, 6.07) is 2.08. The lowest BCUT2D eigenvalue weighted by atomic mass is 10.3. The van der Waals surface area contributed by atoms with Crippen LogP contribution in [0.15, 0.2) is 22.0 Å². The van der Waals surface area contributed by atoms with Crippen molar-refractivity contribution < 1.29 is 0 Å². The van der Waals surface area contributed by atoms with Gasteiger partial charge in [0.1, 0.15) is 0 Å². The van der Waals surface area contributed by atoms with Gasteiger partial charge in [0.25, 0.3) is 0 Å². The molecule has 0 aliphatic carbocycles.